The Morgan fingerprint density at radius 2 is 1.89 bits per heavy atom. The van der Waals surface area contributed by atoms with Crippen LogP contribution in [0.15, 0.2) is 18.2 Å². The van der Waals surface area contributed by atoms with E-state index in [-0.39, 0.29) is 6.10 Å². The SMILES string of the molecule is Clc1cccc(OC2CC(Br)C23CCCCC3)c1Cl. The van der Waals surface area contributed by atoms with Gasteiger partial charge in [0.25, 0.3) is 0 Å². The molecule has 104 valence electrons. The van der Waals surface area contributed by atoms with Gasteiger partial charge in [-0.1, -0.05) is 64.5 Å². The Hall–Kier alpha value is 0.0800. The molecule has 4 heteroatoms. The third-order valence-corrected chi connectivity index (χ3v) is 6.74. The van der Waals surface area contributed by atoms with Gasteiger partial charge in [-0.25, -0.2) is 0 Å². The molecule has 0 saturated heterocycles. The van der Waals surface area contributed by atoms with Crippen LogP contribution in [-0.2, 0) is 0 Å². The second-order valence-corrected chi connectivity index (χ2v) is 7.55. The zero-order valence-corrected chi connectivity index (χ0v) is 13.8. The smallest absolute Gasteiger partial charge is 0.139 e. The van der Waals surface area contributed by atoms with Crippen molar-refractivity contribution in [2.24, 2.45) is 5.41 Å². The van der Waals surface area contributed by atoms with E-state index >= 15 is 0 Å². The Morgan fingerprint density at radius 3 is 2.58 bits per heavy atom. The van der Waals surface area contributed by atoms with Crippen LogP contribution >= 0.6 is 39.1 Å². The van der Waals surface area contributed by atoms with Gasteiger partial charge >= 0.3 is 0 Å². The standard InChI is InChI=1S/C15H17BrCl2O/c16-12-9-13(15(12)7-2-1-3-8-15)19-11-6-4-5-10(17)14(11)18/h4-6,12-13H,1-3,7-9H2. The van der Waals surface area contributed by atoms with Crippen LogP contribution in [0.4, 0.5) is 0 Å². The predicted octanol–water partition coefficient (Wildman–Crippen LogP) is 5.86. The fourth-order valence-electron chi connectivity index (χ4n) is 3.44. The van der Waals surface area contributed by atoms with Gasteiger partial charge in [0.2, 0.25) is 0 Å². The summed E-state index contributed by atoms with van der Waals surface area (Å²) in [4.78, 5) is 0.586. The molecular formula is C15H17BrCl2O. The van der Waals surface area contributed by atoms with E-state index in [2.05, 4.69) is 15.9 Å². The molecule has 0 aliphatic heterocycles. The van der Waals surface area contributed by atoms with Crippen LogP contribution in [0.2, 0.25) is 10.0 Å². The summed E-state index contributed by atoms with van der Waals surface area (Å²) >= 11 is 16.1. The molecule has 1 aromatic carbocycles. The zero-order chi connectivity index (χ0) is 13.5. The van der Waals surface area contributed by atoms with E-state index in [4.69, 9.17) is 27.9 Å². The van der Waals surface area contributed by atoms with Gasteiger partial charge in [0.1, 0.15) is 16.9 Å². The predicted molar refractivity (Wildman–Crippen MR) is 83.7 cm³/mol. The van der Waals surface area contributed by atoms with Crippen molar-refractivity contribution in [2.75, 3.05) is 0 Å². The largest absolute Gasteiger partial charge is 0.488 e. The van der Waals surface area contributed by atoms with Gasteiger partial charge in [-0.05, 0) is 31.4 Å². The molecule has 2 aliphatic carbocycles. The molecule has 0 heterocycles. The number of ether oxygens (including phenoxy) is 1. The van der Waals surface area contributed by atoms with Crippen molar-refractivity contribution in [2.45, 2.75) is 49.5 Å². The highest BCUT2D eigenvalue weighted by Crippen LogP contribution is 2.56. The molecule has 2 unspecified atom stereocenters. The van der Waals surface area contributed by atoms with E-state index in [1.165, 1.54) is 32.1 Å². The minimum Gasteiger partial charge on any atom is -0.488 e. The van der Waals surface area contributed by atoms with Crippen molar-refractivity contribution in [3.63, 3.8) is 0 Å². The van der Waals surface area contributed by atoms with Crippen LogP contribution in [0.3, 0.4) is 0 Å². The van der Waals surface area contributed by atoms with E-state index in [0.29, 0.717) is 20.3 Å². The maximum Gasteiger partial charge on any atom is 0.139 e. The minimum atomic E-state index is 0.271. The molecule has 0 bridgehead atoms. The summed E-state index contributed by atoms with van der Waals surface area (Å²) in [7, 11) is 0. The summed E-state index contributed by atoms with van der Waals surface area (Å²) in [5, 5.41) is 1.10. The van der Waals surface area contributed by atoms with Crippen LogP contribution in [0.5, 0.6) is 5.75 Å². The first-order valence-corrected chi connectivity index (χ1v) is 8.55. The second-order valence-electron chi connectivity index (χ2n) is 5.66. The molecule has 2 saturated carbocycles. The monoisotopic (exact) mass is 362 g/mol. The maximum absolute atomic E-state index is 6.21. The Morgan fingerprint density at radius 1 is 1.16 bits per heavy atom. The van der Waals surface area contributed by atoms with Gasteiger partial charge in [-0.2, -0.15) is 0 Å². The molecule has 0 amide bonds. The normalized spacial score (nSPS) is 29.0. The fraction of sp³-hybridized carbons (Fsp3) is 0.600. The molecular weight excluding hydrogens is 347 g/mol. The number of halogens is 3. The Kier molecular flexibility index (Phi) is 4.03. The van der Waals surface area contributed by atoms with Gasteiger partial charge in [-0.15, -0.1) is 0 Å². The molecule has 1 spiro atoms. The summed E-state index contributed by atoms with van der Waals surface area (Å²) in [6.07, 6.45) is 7.82. The van der Waals surface area contributed by atoms with Crippen LogP contribution in [0.25, 0.3) is 0 Å². The highest BCUT2D eigenvalue weighted by molar-refractivity contribution is 9.09. The van der Waals surface area contributed by atoms with Crippen molar-refractivity contribution < 1.29 is 4.74 Å². The number of alkyl halides is 1. The highest BCUT2D eigenvalue weighted by atomic mass is 79.9. The van der Waals surface area contributed by atoms with E-state index in [9.17, 15) is 0 Å². The maximum atomic E-state index is 6.21. The number of hydrogen-bond donors (Lipinski definition) is 0. The van der Waals surface area contributed by atoms with E-state index in [0.717, 1.165) is 12.2 Å². The van der Waals surface area contributed by atoms with Gasteiger partial charge < -0.3 is 4.74 Å². The van der Waals surface area contributed by atoms with Gasteiger partial charge in [0.15, 0.2) is 0 Å². The van der Waals surface area contributed by atoms with Gasteiger partial charge in [0.05, 0.1) is 5.02 Å². The van der Waals surface area contributed by atoms with E-state index in [1.807, 2.05) is 12.1 Å². The number of rotatable bonds is 2. The molecule has 0 N–H and O–H groups in total. The Balaban J connectivity index is 1.78. The lowest BCUT2D eigenvalue weighted by atomic mass is 9.58. The first-order valence-electron chi connectivity index (χ1n) is 6.88. The molecule has 1 aromatic rings. The summed E-state index contributed by atoms with van der Waals surface area (Å²) in [6.45, 7) is 0. The fourth-order valence-corrected chi connectivity index (χ4v) is 4.87. The molecule has 0 radical (unpaired) electrons. The number of hydrogen-bond acceptors (Lipinski definition) is 1. The van der Waals surface area contributed by atoms with Crippen LogP contribution < -0.4 is 4.74 Å². The van der Waals surface area contributed by atoms with Crippen LogP contribution in [0, 0.1) is 5.41 Å². The van der Waals surface area contributed by atoms with Crippen molar-refractivity contribution >= 4 is 39.1 Å². The lowest BCUT2D eigenvalue weighted by molar-refractivity contribution is -0.0600. The molecule has 2 aliphatic rings. The Bertz CT molecular complexity index is 471. The van der Waals surface area contributed by atoms with Crippen molar-refractivity contribution in [3.8, 4) is 5.75 Å². The highest BCUT2D eigenvalue weighted by Gasteiger charge is 2.55. The van der Waals surface area contributed by atoms with Crippen LogP contribution in [-0.4, -0.2) is 10.9 Å². The molecule has 2 atom stereocenters. The topological polar surface area (TPSA) is 9.23 Å². The average Bonchev–Trinajstić information content (AvgIpc) is 2.44. The summed E-state index contributed by atoms with van der Waals surface area (Å²) in [6, 6.07) is 5.59. The molecule has 19 heavy (non-hydrogen) atoms. The molecule has 1 nitrogen and oxygen atoms in total. The van der Waals surface area contributed by atoms with Crippen molar-refractivity contribution in [1.29, 1.82) is 0 Å². The van der Waals surface area contributed by atoms with Gasteiger partial charge in [0, 0.05) is 10.2 Å². The lowest BCUT2D eigenvalue weighted by Gasteiger charge is -2.55. The molecule has 2 fully saturated rings. The summed E-state index contributed by atoms with van der Waals surface area (Å²) < 4.78 is 6.18. The average molecular weight is 364 g/mol. The second kappa shape index (κ2) is 5.46. The summed E-state index contributed by atoms with van der Waals surface area (Å²) in [5.74, 6) is 0.725. The molecule has 0 aromatic heterocycles. The summed E-state index contributed by atoms with van der Waals surface area (Å²) in [5.41, 5.74) is 0.309. The molecule has 3 rings (SSSR count). The van der Waals surface area contributed by atoms with Crippen molar-refractivity contribution in [1.82, 2.24) is 0 Å². The van der Waals surface area contributed by atoms with Crippen LogP contribution in [0.1, 0.15) is 38.5 Å². The lowest BCUT2D eigenvalue weighted by Crippen LogP contribution is -2.57. The quantitative estimate of drug-likeness (QED) is 0.598. The van der Waals surface area contributed by atoms with E-state index in [1.54, 1.807) is 6.07 Å². The first-order chi connectivity index (χ1) is 9.13. The van der Waals surface area contributed by atoms with E-state index < -0.39 is 0 Å². The Labute approximate surface area is 132 Å². The van der Waals surface area contributed by atoms with Crippen molar-refractivity contribution in [3.05, 3.63) is 28.2 Å². The number of benzene rings is 1. The first kappa shape index (κ1) is 14.0. The third kappa shape index (κ3) is 2.41. The zero-order valence-electron chi connectivity index (χ0n) is 10.7. The third-order valence-electron chi connectivity index (χ3n) is 4.66. The minimum absolute atomic E-state index is 0.271. The van der Waals surface area contributed by atoms with Gasteiger partial charge in [-0.3, -0.25) is 0 Å².